The molecule has 0 radical (unpaired) electrons. The number of rotatable bonds is 6. The number of carbonyl (C=O) groups is 2. The summed E-state index contributed by atoms with van der Waals surface area (Å²) in [5.41, 5.74) is 3.11. The first-order valence-corrected chi connectivity index (χ1v) is 10.2. The Morgan fingerprint density at radius 2 is 1.94 bits per heavy atom. The van der Waals surface area contributed by atoms with Crippen LogP contribution < -0.4 is 5.32 Å². The molecule has 2 aromatic carbocycles. The average molecular weight is 413 g/mol. The highest BCUT2D eigenvalue weighted by atomic mass is 16.2. The summed E-state index contributed by atoms with van der Waals surface area (Å²) < 4.78 is 1.87. The minimum absolute atomic E-state index is 0.0470. The normalized spacial score (nSPS) is 18.1. The fourth-order valence-corrected chi connectivity index (χ4v) is 4.04. The van der Waals surface area contributed by atoms with Crippen molar-refractivity contribution in [3.05, 3.63) is 89.2 Å². The van der Waals surface area contributed by atoms with E-state index in [0.29, 0.717) is 30.6 Å². The number of benzene rings is 2. The molecule has 2 atom stereocenters. The van der Waals surface area contributed by atoms with Crippen LogP contribution in [-0.4, -0.2) is 40.1 Å². The van der Waals surface area contributed by atoms with Gasteiger partial charge in [0.2, 0.25) is 5.91 Å². The van der Waals surface area contributed by atoms with Crippen molar-refractivity contribution >= 4 is 11.8 Å². The predicted octanol–water partition coefficient (Wildman–Crippen LogP) is 2.75. The molecule has 1 aromatic heterocycles. The van der Waals surface area contributed by atoms with Crippen LogP contribution in [0.2, 0.25) is 0 Å². The molecule has 0 aliphatic carbocycles. The number of hydrogen-bond acceptors (Lipinski definition) is 4. The summed E-state index contributed by atoms with van der Waals surface area (Å²) in [4.78, 5) is 26.7. The minimum atomic E-state index is -0.218. The van der Waals surface area contributed by atoms with Crippen LogP contribution in [0.4, 0.5) is 0 Å². The Bertz CT molecular complexity index is 1110. The lowest BCUT2D eigenvalue weighted by Crippen LogP contribution is -2.32. The number of nitriles is 1. The maximum absolute atomic E-state index is 12.5. The maximum Gasteiger partial charge on any atom is 0.251 e. The maximum atomic E-state index is 12.5. The van der Waals surface area contributed by atoms with Gasteiger partial charge in [-0.15, -0.1) is 0 Å². The number of hydrogen-bond donors (Lipinski definition) is 1. The number of amides is 2. The van der Waals surface area contributed by atoms with Gasteiger partial charge in [0.15, 0.2) is 0 Å². The zero-order valence-electron chi connectivity index (χ0n) is 17.2. The fourth-order valence-electron chi connectivity index (χ4n) is 4.04. The van der Waals surface area contributed by atoms with Crippen LogP contribution in [0.5, 0.6) is 0 Å². The van der Waals surface area contributed by atoms with Gasteiger partial charge < -0.3 is 10.2 Å². The molecule has 7 nitrogen and oxygen atoms in total. The van der Waals surface area contributed by atoms with Gasteiger partial charge in [0.1, 0.15) is 0 Å². The van der Waals surface area contributed by atoms with E-state index in [2.05, 4.69) is 10.4 Å². The summed E-state index contributed by atoms with van der Waals surface area (Å²) in [5.74, 6) is -0.211. The SMILES string of the molecule is CN1C(=O)C[C@@H](CNC(=O)c2ccc(C#N)cc2)[C@@H]1c1cnn(Cc2ccccc2)c1. The summed E-state index contributed by atoms with van der Waals surface area (Å²) in [6, 6.07) is 18.5. The van der Waals surface area contributed by atoms with Crippen molar-refractivity contribution in [2.45, 2.75) is 19.0 Å². The number of aromatic nitrogens is 2. The lowest BCUT2D eigenvalue weighted by molar-refractivity contribution is -0.127. The lowest BCUT2D eigenvalue weighted by atomic mass is 9.95. The van der Waals surface area contributed by atoms with Gasteiger partial charge in [0.05, 0.1) is 30.4 Å². The highest BCUT2D eigenvalue weighted by molar-refractivity contribution is 5.94. The molecule has 0 spiro atoms. The van der Waals surface area contributed by atoms with Crippen molar-refractivity contribution in [2.24, 2.45) is 5.92 Å². The molecular weight excluding hydrogens is 390 g/mol. The second-order valence-electron chi connectivity index (χ2n) is 7.77. The molecular formula is C24H23N5O2. The zero-order valence-corrected chi connectivity index (χ0v) is 17.2. The topological polar surface area (TPSA) is 91.0 Å². The average Bonchev–Trinajstić information content (AvgIpc) is 3.36. The highest BCUT2D eigenvalue weighted by Crippen LogP contribution is 2.36. The number of nitrogens with one attached hydrogen (secondary N) is 1. The first-order valence-electron chi connectivity index (χ1n) is 10.2. The summed E-state index contributed by atoms with van der Waals surface area (Å²) in [7, 11) is 1.80. The Balaban J connectivity index is 1.44. The van der Waals surface area contributed by atoms with Crippen LogP contribution >= 0.6 is 0 Å². The molecule has 2 heterocycles. The zero-order chi connectivity index (χ0) is 21.8. The second kappa shape index (κ2) is 8.84. The lowest BCUT2D eigenvalue weighted by Gasteiger charge is -2.24. The molecule has 1 aliphatic heterocycles. The highest BCUT2D eigenvalue weighted by Gasteiger charge is 2.39. The van der Waals surface area contributed by atoms with E-state index in [4.69, 9.17) is 5.26 Å². The van der Waals surface area contributed by atoms with Crippen LogP contribution in [0.15, 0.2) is 67.0 Å². The van der Waals surface area contributed by atoms with Crippen LogP contribution in [0, 0.1) is 17.2 Å². The monoisotopic (exact) mass is 413 g/mol. The van der Waals surface area contributed by atoms with Gasteiger partial charge in [-0.3, -0.25) is 14.3 Å². The Morgan fingerprint density at radius 1 is 1.19 bits per heavy atom. The van der Waals surface area contributed by atoms with Crippen LogP contribution in [0.3, 0.4) is 0 Å². The van der Waals surface area contributed by atoms with Gasteiger partial charge in [0, 0.05) is 43.3 Å². The molecule has 0 bridgehead atoms. The molecule has 1 fully saturated rings. The van der Waals surface area contributed by atoms with E-state index in [9.17, 15) is 9.59 Å². The molecule has 1 saturated heterocycles. The molecule has 31 heavy (non-hydrogen) atoms. The van der Waals surface area contributed by atoms with Crippen molar-refractivity contribution in [1.82, 2.24) is 20.0 Å². The molecule has 1 N–H and O–H groups in total. The minimum Gasteiger partial charge on any atom is -0.352 e. The van der Waals surface area contributed by atoms with E-state index < -0.39 is 0 Å². The Labute approximate surface area is 180 Å². The third-order valence-electron chi connectivity index (χ3n) is 5.68. The number of likely N-dealkylation sites (tertiary alicyclic amines) is 1. The summed E-state index contributed by atoms with van der Waals surface area (Å²) in [6.45, 7) is 1.04. The van der Waals surface area contributed by atoms with Gasteiger partial charge in [0.25, 0.3) is 5.91 Å². The van der Waals surface area contributed by atoms with Crippen molar-refractivity contribution in [3.63, 3.8) is 0 Å². The first-order chi connectivity index (χ1) is 15.0. The van der Waals surface area contributed by atoms with Crippen molar-refractivity contribution in [2.75, 3.05) is 13.6 Å². The molecule has 0 unspecified atom stereocenters. The molecule has 3 aromatic rings. The standard InChI is InChI=1S/C24H23N5O2/c1-28-22(30)11-20(13-26-24(31)19-9-7-17(12-25)8-10-19)23(28)21-14-27-29(16-21)15-18-5-3-2-4-6-18/h2-10,14,16,20,23H,11,13,15H2,1H3,(H,26,31)/t20-,23+/m0/s1. The summed E-state index contributed by atoms with van der Waals surface area (Å²) in [6.07, 6.45) is 4.15. The van der Waals surface area contributed by atoms with E-state index in [-0.39, 0.29) is 23.8 Å². The molecule has 2 amide bonds. The molecule has 156 valence electrons. The smallest absolute Gasteiger partial charge is 0.251 e. The van der Waals surface area contributed by atoms with Gasteiger partial charge in [-0.25, -0.2) is 0 Å². The summed E-state index contributed by atoms with van der Waals surface area (Å²) in [5, 5.41) is 16.3. The van der Waals surface area contributed by atoms with Crippen LogP contribution in [0.1, 0.15) is 39.5 Å². The van der Waals surface area contributed by atoms with Gasteiger partial charge in [-0.05, 0) is 29.8 Å². The van der Waals surface area contributed by atoms with E-state index >= 15 is 0 Å². The molecule has 0 saturated carbocycles. The van der Waals surface area contributed by atoms with Crippen molar-refractivity contribution < 1.29 is 9.59 Å². The second-order valence-corrected chi connectivity index (χ2v) is 7.77. The van der Waals surface area contributed by atoms with Crippen LogP contribution in [-0.2, 0) is 11.3 Å². The Hall–Kier alpha value is -3.92. The first kappa shape index (κ1) is 20.4. The number of carbonyl (C=O) groups excluding carboxylic acids is 2. The summed E-state index contributed by atoms with van der Waals surface area (Å²) >= 11 is 0. The largest absolute Gasteiger partial charge is 0.352 e. The molecule has 7 heteroatoms. The Morgan fingerprint density at radius 3 is 2.65 bits per heavy atom. The van der Waals surface area contributed by atoms with E-state index in [1.807, 2.05) is 47.3 Å². The fraction of sp³-hybridized carbons (Fsp3) is 0.250. The van der Waals surface area contributed by atoms with E-state index in [0.717, 1.165) is 11.1 Å². The quantitative estimate of drug-likeness (QED) is 0.673. The predicted molar refractivity (Wildman–Crippen MR) is 115 cm³/mol. The third kappa shape index (κ3) is 4.48. The van der Waals surface area contributed by atoms with Crippen molar-refractivity contribution in [1.29, 1.82) is 5.26 Å². The number of nitrogens with zero attached hydrogens (tertiary/aromatic N) is 4. The molecule has 4 rings (SSSR count). The molecule has 1 aliphatic rings. The third-order valence-corrected chi connectivity index (χ3v) is 5.68. The van der Waals surface area contributed by atoms with Crippen molar-refractivity contribution in [3.8, 4) is 6.07 Å². The van der Waals surface area contributed by atoms with E-state index in [1.54, 1.807) is 42.4 Å². The van der Waals surface area contributed by atoms with Crippen LogP contribution in [0.25, 0.3) is 0 Å². The van der Waals surface area contributed by atoms with Gasteiger partial charge in [-0.2, -0.15) is 10.4 Å². The Kier molecular flexibility index (Phi) is 5.80. The van der Waals surface area contributed by atoms with Gasteiger partial charge in [-0.1, -0.05) is 30.3 Å². The van der Waals surface area contributed by atoms with E-state index in [1.165, 1.54) is 0 Å². The van der Waals surface area contributed by atoms with Gasteiger partial charge >= 0.3 is 0 Å².